The lowest BCUT2D eigenvalue weighted by Gasteiger charge is -2.31. The molecule has 130 valence electrons. The molecular formula is C17H15NO7. The summed E-state index contributed by atoms with van der Waals surface area (Å²) in [5.74, 6) is -1.35. The molecule has 0 atom stereocenters. The van der Waals surface area contributed by atoms with Crippen LogP contribution in [0, 0.1) is 0 Å². The predicted octanol–water partition coefficient (Wildman–Crippen LogP) is 1.19. The Hall–Kier alpha value is -3.13. The van der Waals surface area contributed by atoms with Gasteiger partial charge in [-0.3, -0.25) is 0 Å². The van der Waals surface area contributed by atoms with Crippen LogP contribution in [-0.2, 0) is 23.8 Å². The Balaban J connectivity index is 2.13. The molecule has 2 aromatic rings. The SMILES string of the molecule is COC(=O)C1=C(C(=O)OC)N(c2ccc3oc(=O)ccc3c2)COC1. The number of nitrogens with zero attached hydrogens (tertiary/aromatic N) is 1. The fourth-order valence-corrected chi connectivity index (χ4v) is 2.57. The second kappa shape index (κ2) is 6.78. The van der Waals surface area contributed by atoms with Crippen molar-refractivity contribution in [1.29, 1.82) is 0 Å². The summed E-state index contributed by atoms with van der Waals surface area (Å²) in [6.07, 6.45) is 0. The van der Waals surface area contributed by atoms with Crippen LogP contribution in [-0.4, -0.2) is 39.5 Å². The maximum absolute atomic E-state index is 12.2. The molecule has 0 spiro atoms. The first-order chi connectivity index (χ1) is 12.0. The van der Waals surface area contributed by atoms with E-state index in [2.05, 4.69) is 0 Å². The molecule has 0 unspecified atom stereocenters. The van der Waals surface area contributed by atoms with E-state index in [-0.39, 0.29) is 24.6 Å². The van der Waals surface area contributed by atoms with Crippen molar-refractivity contribution in [3.8, 4) is 0 Å². The number of carbonyl (C=O) groups is 2. The number of methoxy groups -OCH3 is 2. The van der Waals surface area contributed by atoms with Gasteiger partial charge >= 0.3 is 17.6 Å². The number of hydrogen-bond donors (Lipinski definition) is 0. The van der Waals surface area contributed by atoms with Gasteiger partial charge in [0.05, 0.1) is 26.4 Å². The number of ether oxygens (including phenoxy) is 3. The molecule has 1 aliphatic rings. The van der Waals surface area contributed by atoms with E-state index in [1.807, 2.05) is 0 Å². The van der Waals surface area contributed by atoms with Gasteiger partial charge in [0.2, 0.25) is 0 Å². The predicted molar refractivity (Wildman–Crippen MR) is 86.8 cm³/mol. The zero-order valence-corrected chi connectivity index (χ0v) is 13.6. The molecule has 1 aromatic heterocycles. The first kappa shape index (κ1) is 16.7. The van der Waals surface area contributed by atoms with Crippen LogP contribution < -0.4 is 10.5 Å². The number of carbonyl (C=O) groups excluding carboxylic acids is 2. The molecule has 1 aromatic carbocycles. The topological polar surface area (TPSA) is 95.3 Å². The lowest BCUT2D eigenvalue weighted by Crippen LogP contribution is -2.38. The van der Waals surface area contributed by atoms with Gasteiger partial charge in [0.25, 0.3) is 0 Å². The molecule has 0 N–H and O–H groups in total. The summed E-state index contributed by atoms with van der Waals surface area (Å²) in [6, 6.07) is 7.88. The molecule has 1 aliphatic heterocycles. The fraction of sp³-hybridized carbons (Fsp3) is 0.235. The molecule has 0 saturated heterocycles. The number of esters is 2. The maximum atomic E-state index is 12.2. The Morgan fingerprint density at radius 2 is 1.84 bits per heavy atom. The van der Waals surface area contributed by atoms with Crippen molar-refractivity contribution in [2.45, 2.75) is 0 Å². The van der Waals surface area contributed by atoms with Crippen LogP contribution in [0.1, 0.15) is 0 Å². The molecule has 0 fully saturated rings. The van der Waals surface area contributed by atoms with Crippen molar-refractivity contribution in [2.75, 3.05) is 32.5 Å². The second-order valence-corrected chi connectivity index (χ2v) is 5.19. The van der Waals surface area contributed by atoms with Crippen molar-refractivity contribution in [3.63, 3.8) is 0 Å². The highest BCUT2D eigenvalue weighted by Crippen LogP contribution is 2.29. The maximum Gasteiger partial charge on any atom is 0.355 e. The highest BCUT2D eigenvalue weighted by Gasteiger charge is 2.32. The number of anilines is 1. The van der Waals surface area contributed by atoms with Crippen molar-refractivity contribution in [2.24, 2.45) is 0 Å². The number of fused-ring (bicyclic) bond motifs is 1. The fourth-order valence-electron chi connectivity index (χ4n) is 2.57. The standard InChI is InChI=1S/C17H15NO7/c1-22-16(20)12-8-24-9-18(15(12)17(21)23-2)11-4-5-13-10(7-11)3-6-14(19)25-13/h3-7H,8-9H2,1-2H3. The summed E-state index contributed by atoms with van der Waals surface area (Å²) in [7, 11) is 2.45. The van der Waals surface area contributed by atoms with E-state index in [1.165, 1.54) is 25.2 Å². The summed E-state index contributed by atoms with van der Waals surface area (Å²) in [5.41, 5.74) is 0.649. The van der Waals surface area contributed by atoms with E-state index >= 15 is 0 Å². The molecule has 0 saturated carbocycles. The first-order valence-corrected chi connectivity index (χ1v) is 7.34. The van der Waals surface area contributed by atoms with E-state index < -0.39 is 17.6 Å². The van der Waals surface area contributed by atoms with Gasteiger partial charge < -0.3 is 23.5 Å². The van der Waals surface area contributed by atoms with E-state index in [0.29, 0.717) is 16.7 Å². The van der Waals surface area contributed by atoms with Gasteiger partial charge in [-0.25, -0.2) is 14.4 Å². The van der Waals surface area contributed by atoms with Crippen molar-refractivity contribution in [1.82, 2.24) is 0 Å². The van der Waals surface area contributed by atoms with Gasteiger partial charge in [0, 0.05) is 17.1 Å². The summed E-state index contributed by atoms with van der Waals surface area (Å²) >= 11 is 0. The molecule has 25 heavy (non-hydrogen) atoms. The minimum Gasteiger partial charge on any atom is -0.466 e. The highest BCUT2D eigenvalue weighted by atomic mass is 16.5. The highest BCUT2D eigenvalue weighted by molar-refractivity contribution is 6.03. The molecule has 0 amide bonds. The van der Waals surface area contributed by atoms with Crippen molar-refractivity contribution in [3.05, 3.63) is 52.0 Å². The summed E-state index contributed by atoms with van der Waals surface area (Å²) in [4.78, 5) is 37.0. The Bertz CT molecular complexity index is 928. The lowest BCUT2D eigenvalue weighted by molar-refractivity contribution is -0.140. The molecule has 0 bridgehead atoms. The number of benzene rings is 1. The molecule has 0 radical (unpaired) electrons. The first-order valence-electron chi connectivity index (χ1n) is 7.34. The summed E-state index contributed by atoms with van der Waals surface area (Å²) in [5, 5.41) is 0.659. The van der Waals surface area contributed by atoms with E-state index in [4.69, 9.17) is 18.6 Å². The van der Waals surface area contributed by atoms with Crippen LogP contribution in [0.25, 0.3) is 11.0 Å². The Morgan fingerprint density at radius 1 is 1.08 bits per heavy atom. The van der Waals surface area contributed by atoms with Crippen LogP contribution in [0.3, 0.4) is 0 Å². The van der Waals surface area contributed by atoms with Gasteiger partial charge in [0.15, 0.2) is 0 Å². The Labute approximate surface area is 142 Å². The Kier molecular flexibility index (Phi) is 4.53. The van der Waals surface area contributed by atoms with E-state index in [0.717, 1.165) is 0 Å². The monoisotopic (exact) mass is 345 g/mol. The third-order valence-electron chi connectivity index (χ3n) is 3.75. The van der Waals surface area contributed by atoms with Crippen LogP contribution in [0.5, 0.6) is 0 Å². The van der Waals surface area contributed by atoms with Gasteiger partial charge in [-0.2, -0.15) is 0 Å². The van der Waals surface area contributed by atoms with Crippen molar-refractivity contribution < 1.29 is 28.2 Å². The van der Waals surface area contributed by atoms with Gasteiger partial charge in [-0.1, -0.05) is 0 Å². The van der Waals surface area contributed by atoms with Crippen molar-refractivity contribution >= 4 is 28.6 Å². The van der Waals surface area contributed by atoms with E-state index in [1.54, 1.807) is 24.3 Å². The summed E-state index contributed by atoms with van der Waals surface area (Å²) < 4.78 is 20.0. The number of rotatable bonds is 3. The molecule has 2 heterocycles. The van der Waals surface area contributed by atoms with Crippen LogP contribution in [0.2, 0.25) is 0 Å². The quantitative estimate of drug-likeness (QED) is 0.605. The zero-order chi connectivity index (χ0) is 18.0. The van der Waals surface area contributed by atoms with Crippen LogP contribution in [0.4, 0.5) is 5.69 Å². The average Bonchev–Trinajstić information content (AvgIpc) is 2.65. The summed E-state index contributed by atoms with van der Waals surface area (Å²) in [6.45, 7) is -0.0106. The molecular weight excluding hydrogens is 330 g/mol. The minimum atomic E-state index is -0.677. The normalized spacial score (nSPS) is 14.6. The average molecular weight is 345 g/mol. The molecule has 8 nitrogen and oxygen atoms in total. The van der Waals surface area contributed by atoms with E-state index in [9.17, 15) is 14.4 Å². The third kappa shape index (κ3) is 3.11. The second-order valence-electron chi connectivity index (χ2n) is 5.19. The van der Waals surface area contributed by atoms with Gasteiger partial charge in [-0.05, 0) is 24.3 Å². The Morgan fingerprint density at radius 3 is 2.56 bits per heavy atom. The zero-order valence-electron chi connectivity index (χ0n) is 13.6. The molecule has 0 aliphatic carbocycles. The van der Waals surface area contributed by atoms with Crippen LogP contribution >= 0.6 is 0 Å². The molecule has 3 rings (SSSR count). The van der Waals surface area contributed by atoms with Crippen LogP contribution in [0.15, 0.2) is 50.8 Å². The smallest absolute Gasteiger partial charge is 0.355 e. The third-order valence-corrected chi connectivity index (χ3v) is 3.75. The van der Waals surface area contributed by atoms with Gasteiger partial charge in [-0.15, -0.1) is 0 Å². The number of hydrogen-bond acceptors (Lipinski definition) is 8. The molecule has 8 heteroatoms. The minimum absolute atomic E-state index is 0.0488. The largest absolute Gasteiger partial charge is 0.466 e. The lowest BCUT2D eigenvalue weighted by atomic mass is 10.1. The van der Waals surface area contributed by atoms with Gasteiger partial charge in [0.1, 0.15) is 18.0 Å².